The highest BCUT2D eigenvalue weighted by Crippen LogP contribution is 2.19. The number of nitrogens with one attached hydrogen (secondary N) is 2. The Kier molecular flexibility index (Phi) is 6.23. The van der Waals surface area contributed by atoms with Crippen LogP contribution < -0.4 is 15.1 Å². The number of nitro groups is 1. The Morgan fingerprint density at radius 2 is 1.66 bits per heavy atom. The molecule has 2 aromatic rings. The van der Waals surface area contributed by atoms with E-state index >= 15 is 0 Å². The zero-order valence-electron chi connectivity index (χ0n) is 16.6. The smallest absolute Gasteiger partial charge is 0.282 e. The molecule has 0 saturated carbocycles. The van der Waals surface area contributed by atoms with Crippen LogP contribution in [-0.2, 0) is 4.79 Å². The molecule has 1 amide bonds. The summed E-state index contributed by atoms with van der Waals surface area (Å²) in [6.07, 6.45) is 0. The van der Waals surface area contributed by atoms with Crippen LogP contribution in [0.5, 0.6) is 0 Å². The van der Waals surface area contributed by atoms with Crippen LogP contribution in [0.4, 0.5) is 17.1 Å². The van der Waals surface area contributed by atoms with Gasteiger partial charge in [0.2, 0.25) is 0 Å². The lowest BCUT2D eigenvalue weighted by Crippen LogP contribution is -3.19. The van der Waals surface area contributed by atoms with Gasteiger partial charge in [0.25, 0.3) is 11.6 Å². The summed E-state index contributed by atoms with van der Waals surface area (Å²) in [6, 6.07) is 13.3. The molecule has 1 aliphatic rings. The first-order valence-electron chi connectivity index (χ1n) is 9.61. The summed E-state index contributed by atoms with van der Waals surface area (Å²) in [5, 5.41) is 13.7. The van der Waals surface area contributed by atoms with Crippen molar-refractivity contribution < 1.29 is 19.4 Å². The number of amides is 1. The molecule has 152 valence electrons. The molecule has 0 aliphatic carbocycles. The summed E-state index contributed by atoms with van der Waals surface area (Å²) in [6.45, 7) is 6.57. The molecule has 8 nitrogen and oxygen atoms in total. The van der Waals surface area contributed by atoms with Gasteiger partial charge in [0, 0.05) is 29.1 Å². The molecular weight excluding hydrogens is 372 g/mol. The molecule has 1 saturated heterocycles. The molecule has 0 spiro atoms. The quantitative estimate of drug-likeness (QED) is 0.438. The number of rotatable bonds is 6. The third kappa shape index (κ3) is 4.97. The fraction of sp³-hybridized carbons (Fsp3) is 0.333. The number of quaternary nitrogens is 1. The average molecular weight is 397 g/mol. The number of carbonyl (C=O) groups is 2. The lowest BCUT2D eigenvalue weighted by atomic mass is 10.1. The minimum Gasteiger partial charge on any atom is -0.360 e. The summed E-state index contributed by atoms with van der Waals surface area (Å²) in [4.78, 5) is 37.7. The minimum atomic E-state index is -0.403. The topological polar surface area (TPSA) is 97.0 Å². The SMILES string of the molecule is CC(=O)c1ccc(NC(=O)[C@H](C)[NH+]2CCN(c3ccc([N+](=O)[O-])cc3)CC2)cc1. The van der Waals surface area contributed by atoms with E-state index in [1.807, 2.05) is 6.92 Å². The molecule has 1 fully saturated rings. The lowest BCUT2D eigenvalue weighted by molar-refractivity contribution is -0.914. The number of ketones is 1. The molecule has 29 heavy (non-hydrogen) atoms. The van der Waals surface area contributed by atoms with Crippen molar-refractivity contribution >= 4 is 28.8 Å². The van der Waals surface area contributed by atoms with Crippen LogP contribution in [0.25, 0.3) is 0 Å². The molecular formula is C21H25N4O4+. The van der Waals surface area contributed by atoms with Crippen LogP contribution in [0.15, 0.2) is 48.5 Å². The highest BCUT2D eigenvalue weighted by atomic mass is 16.6. The summed E-state index contributed by atoms with van der Waals surface area (Å²) < 4.78 is 0. The number of benzene rings is 2. The Balaban J connectivity index is 1.53. The van der Waals surface area contributed by atoms with Crippen LogP contribution in [0.1, 0.15) is 24.2 Å². The average Bonchev–Trinajstić information content (AvgIpc) is 2.73. The lowest BCUT2D eigenvalue weighted by Gasteiger charge is -2.36. The molecule has 3 rings (SSSR count). The van der Waals surface area contributed by atoms with Gasteiger partial charge in [-0.3, -0.25) is 19.7 Å². The van der Waals surface area contributed by atoms with Gasteiger partial charge in [0.05, 0.1) is 31.1 Å². The van der Waals surface area contributed by atoms with E-state index in [1.165, 1.54) is 24.0 Å². The van der Waals surface area contributed by atoms with Gasteiger partial charge in [0.1, 0.15) is 0 Å². The van der Waals surface area contributed by atoms with Crippen molar-refractivity contribution in [2.24, 2.45) is 0 Å². The standard InChI is InChI=1S/C21H24N4O4/c1-15(21(27)22-18-5-3-17(4-6-18)16(2)26)23-11-13-24(14-12-23)19-7-9-20(10-8-19)25(28)29/h3-10,15H,11-14H2,1-2H3,(H,22,27)/p+1/t15-/m0/s1. The first kappa shape index (κ1) is 20.5. The summed E-state index contributed by atoms with van der Waals surface area (Å²) in [5.41, 5.74) is 2.33. The zero-order chi connectivity index (χ0) is 21.0. The number of hydrogen-bond acceptors (Lipinski definition) is 5. The minimum absolute atomic E-state index is 0.00780. The van der Waals surface area contributed by atoms with Crippen LogP contribution in [0.3, 0.4) is 0 Å². The number of nitrogens with zero attached hydrogens (tertiary/aromatic N) is 2. The molecule has 1 aliphatic heterocycles. The molecule has 8 heteroatoms. The molecule has 0 aromatic heterocycles. The molecule has 0 radical (unpaired) electrons. The van der Waals surface area contributed by atoms with E-state index in [1.54, 1.807) is 36.4 Å². The van der Waals surface area contributed by atoms with Gasteiger partial charge in [0.15, 0.2) is 11.8 Å². The Hall–Kier alpha value is -3.26. The molecule has 1 atom stereocenters. The monoisotopic (exact) mass is 397 g/mol. The van der Waals surface area contributed by atoms with Crippen molar-refractivity contribution in [2.75, 3.05) is 36.4 Å². The maximum Gasteiger partial charge on any atom is 0.282 e. The number of piperazine rings is 1. The molecule has 2 N–H and O–H groups in total. The van der Waals surface area contributed by atoms with Gasteiger partial charge in [-0.2, -0.15) is 0 Å². The van der Waals surface area contributed by atoms with Gasteiger partial charge in [-0.1, -0.05) is 0 Å². The third-order valence-electron chi connectivity index (χ3n) is 5.40. The van der Waals surface area contributed by atoms with Crippen molar-refractivity contribution in [3.8, 4) is 0 Å². The van der Waals surface area contributed by atoms with E-state index in [9.17, 15) is 19.7 Å². The van der Waals surface area contributed by atoms with E-state index in [0.29, 0.717) is 11.3 Å². The fourth-order valence-electron chi connectivity index (χ4n) is 3.49. The molecule has 2 aromatic carbocycles. The van der Waals surface area contributed by atoms with E-state index in [-0.39, 0.29) is 23.4 Å². The first-order valence-corrected chi connectivity index (χ1v) is 9.61. The number of nitro benzene ring substituents is 1. The predicted molar refractivity (Wildman–Crippen MR) is 111 cm³/mol. The zero-order valence-corrected chi connectivity index (χ0v) is 16.6. The van der Waals surface area contributed by atoms with Crippen molar-refractivity contribution in [2.45, 2.75) is 19.9 Å². The van der Waals surface area contributed by atoms with Gasteiger partial charge in [-0.15, -0.1) is 0 Å². The molecule has 0 unspecified atom stereocenters. The van der Waals surface area contributed by atoms with Crippen LogP contribution in [0, 0.1) is 10.1 Å². The Bertz CT molecular complexity index is 888. The van der Waals surface area contributed by atoms with E-state index < -0.39 is 4.92 Å². The van der Waals surface area contributed by atoms with Gasteiger partial charge in [-0.05, 0) is 50.2 Å². The van der Waals surface area contributed by atoms with Crippen LogP contribution >= 0.6 is 0 Å². The number of Topliss-reactive ketones (excluding diaryl/α,β-unsaturated/α-hetero) is 1. The van der Waals surface area contributed by atoms with Crippen molar-refractivity contribution in [1.82, 2.24) is 0 Å². The van der Waals surface area contributed by atoms with E-state index in [0.717, 1.165) is 31.9 Å². The van der Waals surface area contributed by atoms with E-state index in [4.69, 9.17) is 0 Å². The molecule has 1 heterocycles. The number of hydrogen-bond donors (Lipinski definition) is 2. The van der Waals surface area contributed by atoms with Crippen LogP contribution in [0.2, 0.25) is 0 Å². The van der Waals surface area contributed by atoms with Gasteiger partial charge in [-0.25, -0.2) is 0 Å². The maximum atomic E-state index is 12.6. The maximum absolute atomic E-state index is 12.6. The Morgan fingerprint density at radius 3 is 2.17 bits per heavy atom. The second-order valence-electron chi connectivity index (χ2n) is 7.26. The second kappa shape index (κ2) is 8.83. The van der Waals surface area contributed by atoms with Crippen molar-refractivity contribution in [3.05, 3.63) is 64.2 Å². The van der Waals surface area contributed by atoms with E-state index in [2.05, 4.69) is 10.2 Å². The van der Waals surface area contributed by atoms with Gasteiger partial charge < -0.3 is 15.1 Å². The number of anilines is 2. The van der Waals surface area contributed by atoms with Crippen molar-refractivity contribution in [1.29, 1.82) is 0 Å². The summed E-state index contributed by atoms with van der Waals surface area (Å²) >= 11 is 0. The largest absolute Gasteiger partial charge is 0.360 e. The highest BCUT2D eigenvalue weighted by molar-refractivity contribution is 5.96. The summed E-state index contributed by atoms with van der Waals surface area (Å²) in [5.74, 6) is -0.0639. The molecule has 0 bridgehead atoms. The number of carbonyl (C=O) groups excluding carboxylic acids is 2. The highest BCUT2D eigenvalue weighted by Gasteiger charge is 2.29. The Morgan fingerprint density at radius 1 is 1.07 bits per heavy atom. The van der Waals surface area contributed by atoms with Crippen LogP contribution in [-0.4, -0.2) is 48.8 Å². The Labute approximate surface area is 169 Å². The predicted octanol–water partition coefficient (Wildman–Crippen LogP) is 1.53. The fourth-order valence-corrected chi connectivity index (χ4v) is 3.49. The number of non-ortho nitro benzene ring substituents is 1. The van der Waals surface area contributed by atoms with Crippen molar-refractivity contribution in [3.63, 3.8) is 0 Å². The second-order valence-corrected chi connectivity index (χ2v) is 7.26. The summed E-state index contributed by atoms with van der Waals surface area (Å²) in [7, 11) is 0. The first-order chi connectivity index (χ1) is 13.8. The normalized spacial score (nSPS) is 15.6. The van der Waals surface area contributed by atoms with Gasteiger partial charge >= 0.3 is 0 Å². The third-order valence-corrected chi connectivity index (χ3v) is 5.40.